The van der Waals surface area contributed by atoms with Gasteiger partial charge in [0, 0.05) is 29.4 Å². The summed E-state index contributed by atoms with van der Waals surface area (Å²) in [5.41, 5.74) is 9.45. The van der Waals surface area contributed by atoms with Gasteiger partial charge in [-0.15, -0.1) is 0 Å². The monoisotopic (exact) mass is 265 g/mol. The Morgan fingerprint density at radius 1 is 1.39 bits per heavy atom. The normalized spacial score (nSPS) is 10.7. The number of aromatic nitrogens is 2. The molecule has 4 nitrogen and oxygen atoms in total. The van der Waals surface area contributed by atoms with Gasteiger partial charge in [0.05, 0.1) is 12.8 Å². The molecule has 96 valence electrons. The van der Waals surface area contributed by atoms with Crippen molar-refractivity contribution in [3.05, 3.63) is 40.2 Å². The van der Waals surface area contributed by atoms with Crippen LogP contribution in [-0.4, -0.2) is 16.9 Å². The standard InChI is InChI=1S/C13H16ClN3O/c1-8-4-12(13(18-3)5-11(8)14)17-7-10(6-15)9(2)16-17/h4-5,7H,6,15H2,1-3H3. The highest BCUT2D eigenvalue weighted by Crippen LogP contribution is 2.29. The molecule has 5 heteroatoms. The third-order valence-electron chi connectivity index (χ3n) is 2.93. The first-order valence-corrected chi connectivity index (χ1v) is 6.04. The van der Waals surface area contributed by atoms with Crippen LogP contribution in [0.15, 0.2) is 18.3 Å². The maximum Gasteiger partial charge on any atom is 0.146 e. The summed E-state index contributed by atoms with van der Waals surface area (Å²) in [7, 11) is 1.62. The molecule has 0 amide bonds. The largest absolute Gasteiger partial charge is 0.494 e. The van der Waals surface area contributed by atoms with Crippen molar-refractivity contribution in [2.24, 2.45) is 5.73 Å². The summed E-state index contributed by atoms with van der Waals surface area (Å²) in [6, 6.07) is 3.75. The van der Waals surface area contributed by atoms with Crippen LogP contribution in [0.25, 0.3) is 5.69 Å². The van der Waals surface area contributed by atoms with Gasteiger partial charge in [0.15, 0.2) is 0 Å². The molecule has 0 saturated carbocycles. The fourth-order valence-electron chi connectivity index (χ4n) is 1.81. The molecule has 1 heterocycles. The first-order chi connectivity index (χ1) is 8.56. The molecule has 2 N–H and O–H groups in total. The number of hydrogen-bond acceptors (Lipinski definition) is 3. The van der Waals surface area contributed by atoms with Crippen LogP contribution in [0.3, 0.4) is 0 Å². The number of rotatable bonds is 3. The molecule has 2 rings (SSSR count). The van der Waals surface area contributed by atoms with Crippen molar-refractivity contribution >= 4 is 11.6 Å². The highest BCUT2D eigenvalue weighted by atomic mass is 35.5. The van der Waals surface area contributed by atoms with Crippen molar-refractivity contribution in [1.82, 2.24) is 9.78 Å². The number of ether oxygens (including phenoxy) is 1. The minimum atomic E-state index is 0.473. The van der Waals surface area contributed by atoms with Gasteiger partial charge in [-0.1, -0.05) is 11.6 Å². The van der Waals surface area contributed by atoms with E-state index in [1.165, 1.54) is 0 Å². The molecule has 18 heavy (non-hydrogen) atoms. The van der Waals surface area contributed by atoms with Gasteiger partial charge < -0.3 is 10.5 Å². The molecular weight excluding hydrogens is 250 g/mol. The number of halogens is 1. The van der Waals surface area contributed by atoms with Crippen LogP contribution in [0.1, 0.15) is 16.8 Å². The number of methoxy groups -OCH3 is 1. The van der Waals surface area contributed by atoms with E-state index in [-0.39, 0.29) is 0 Å². The predicted molar refractivity (Wildman–Crippen MR) is 72.5 cm³/mol. The molecule has 0 radical (unpaired) electrons. The summed E-state index contributed by atoms with van der Waals surface area (Å²) >= 11 is 6.09. The molecule has 0 aliphatic rings. The van der Waals surface area contributed by atoms with Crippen molar-refractivity contribution in [3.63, 3.8) is 0 Å². The van der Waals surface area contributed by atoms with Crippen LogP contribution in [-0.2, 0) is 6.54 Å². The molecule has 1 aromatic carbocycles. The molecule has 0 unspecified atom stereocenters. The smallest absolute Gasteiger partial charge is 0.146 e. The Morgan fingerprint density at radius 2 is 2.11 bits per heavy atom. The van der Waals surface area contributed by atoms with Crippen molar-refractivity contribution in [1.29, 1.82) is 0 Å². The van der Waals surface area contributed by atoms with Crippen molar-refractivity contribution in [2.45, 2.75) is 20.4 Å². The Hall–Kier alpha value is -1.52. The number of nitrogens with two attached hydrogens (primary N) is 1. The summed E-state index contributed by atoms with van der Waals surface area (Å²) in [6.07, 6.45) is 1.92. The topological polar surface area (TPSA) is 53.1 Å². The molecule has 0 aliphatic heterocycles. The average molecular weight is 266 g/mol. The molecule has 0 atom stereocenters. The molecule has 0 aliphatic carbocycles. The Labute approximate surface area is 111 Å². The fourth-order valence-corrected chi connectivity index (χ4v) is 1.96. The minimum Gasteiger partial charge on any atom is -0.494 e. The zero-order valence-electron chi connectivity index (χ0n) is 10.7. The van der Waals surface area contributed by atoms with Crippen LogP contribution in [0.4, 0.5) is 0 Å². The van der Waals surface area contributed by atoms with Gasteiger partial charge in [-0.2, -0.15) is 5.10 Å². The molecule has 1 aromatic heterocycles. The van der Waals surface area contributed by atoms with E-state index in [2.05, 4.69) is 5.10 Å². The molecule has 0 fully saturated rings. The van der Waals surface area contributed by atoms with E-state index in [0.717, 1.165) is 22.5 Å². The highest BCUT2D eigenvalue weighted by molar-refractivity contribution is 6.31. The van der Waals surface area contributed by atoms with Crippen LogP contribution in [0, 0.1) is 13.8 Å². The van der Waals surface area contributed by atoms with Crippen LogP contribution < -0.4 is 10.5 Å². The molecule has 0 bridgehead atoms. The Kier molecular flexibility index (Phi) is 3.59. The van der Waals surface area contributed by atoms with E-state index >= 15 is 0 Å². The lowest BCUT2D eigenvalue weighted by Crippen LogP contribution is -2.00. The number of benzene rings is 1. The lowest BCUT2D eigenvalue weighted by molar-refractivity contribution is 0.411. The van der Waals surface area contributed by atoms with E-state index in [9.17, 15) is 0 Å². The van der Waals surface area contributed by atoms with Crippen molar-refractivity contribution in [3.8, 4) is 11.4 Å². The van der Waals surface area contributed by atoms with E-state index in [1.807, 2.05) is 26.1 Å². The van der Waals surface area contributed by atoms with Gasteiger partial charge in [-0.25, -0.2) is 4.68 Å². The Balaban J connectivity index is 2.58. The Bertz CT molecular complexity index is 578. The third kappa shape index (κ3) is 2.21. The van der Waals surface area contributed by atoms with Crippen LogP contribution in [0.2, 0.25) is 5.02 Å². The number of hydrogen-bond donors (Lipinski definition) is 1. The second kappa shape index (κ2) is 5.00. The van der Waals surface area contributed by atoms with Gasteiger partial charge in [0.1, 0.15) is 11.4 Å². The van der Waals surface area contributed by atoms with Crippen molar-refractivity contribution in [2.75, 3.05) is 7.11 Å². The summed E-state index contributed by atoms with van der Waals surface area (Å²) < 4.78 is 7.12. The molecule has 0 saturated heterocycles. The zero-order valence-corrected chi connectivity index (χ0v) is 11.5. The summed E-state index contributed by atoms with van der Waals surface area (Å²) in [5.74, 6) is 0.691. The summed E-state index contributed by atoms with van der Waals surface area (Å²) in [6.45, 7) is 4.36. The van der Waals surface area contributed by atoms with Crippen LogP contribution in [0.5, 0.6) is 5.75 Å². The zero-order chi connectivity index (χ0) is 13.3. The van der Waals surface area contributed by atoms with E-state index in [0.29, 0.717) is 17.3 Å². The number of nitrogens with zero attached hydrogens (tertiary/aromatic N) is 2. The Morgan fingerprint density at radius 3 is 2.67 bits per heavy atom. The van der Waals surface area contributed by atoms with Gasteiger partial charge in [0.2, 0.25) is 0 Å². The summed E-state index contributed by atoms with van der Waals surface area (Å²) in [5, 5.41) is 5.12. The highest BCUT2D eigenvalue weighted by Gasteiger charge is 2.11. The predicted octanol–water partition coefficient (Wildman–Crippen LogP) is 2.61. The summed E-state index contributed by atoms with van der Waals surface area (Å²) in [4.78, 5) is 0. The van der Waals surface area contributed by atoms with E-state index in [1.54, 1.807) is 17.9 Å². The van der Waals surface area contributed by atoms with Gasteiger partial charge in [-0.05, 0) is 25.5 Å². The van der Waals surface area contributed by atoms with E-state index < -0.39 is 0 Å². The first kappa shape index (κ1) is 12.9. The lowest BCUT2D eigenvalue weighted by atomic mass is 10.2. The molecular formula is C13H16ClN3O. The SMILES string of the molecule is COc1cc(Cl)c(C)cc1-n1cc(CN)c(C)n1. The van der Waals surface area contributed by atoms with Gasteiger partial charge in [-0.3, -0.25) is 0 Å². The second-order valence-electron chi connectivity index (χ2n) is 4.16. The number of aryl methyl sites for hydroxylation is 2. The van der Waals surface area contributed by atoms with Crippen molar-refractivity contribution < 1.29 is 4.74 Å². The van der Waals surface area contributed by atoms with Gasteiger partial charge in [0.25, 0.3) is 0 Å². The maximum atomic E-state index is 6.09. The second-order valence-corrected chi connectivity index (χ2v) is 4.57. The van der Waals surface area contributed by atoms with Gasteiger partial charge >= 0.3 is 0 Å². The average Bonchev–Trinajstić information content (AvgIpc) is 2.73. The van der Waals surface area contributed by atoms with E-state index in [4.69, 9.17) is 22.1 Å². The fraction of sp³-hybridized carbons (Fsp3) is 0.308. The minimum absolute atomic E-state index is 0.473. The lowest BCUT2D eigenvalue weighted by Gasteiger charge is -2.10. The quantitative estimate of drug-likeness (QED) is 0.928. The van der Waals surface area contributed by atoms with Crippen LogP contribution >= 0.6 is 11.6 Å². The third-order valence-corrected chi connectivity index (χ3v) is 3.33. The molecule has 0 spiro atoms. The molecule has 2 aromatic rings. The first-order valence-electron chi connectivity index (χ1n) is 5.66. The maximum absolute atomic E-state index is 6.09.